The van der Waals surface area contributed by atoms with Gasteiger partial charge in [-0.05, 0) is 29.0 Å². The molecule has 6 heteroatoms. The van der Waals surface area contributed by atoms with Gasteiger partial charge in [0.05, 0.1) is 16.8 Å². The molecule has 0 aliphatic heterocycles. The number of nitrogens with one attached hydrogen (secondary N) is 2. The lowest BCUT2D eigenvalue weighted by molar-refractivity contribution is 0.0692. The lowest BCUT2D eigenvalue weighted by Crippen LogP contribution is -2.17. The first kappa shape index (κ1) is 16.5. The van der Waals surface area contributed by atoms with E-state index < -0.39 is 11.9 Å². The van der Waals surface area contributed by atoms with Crippen molar-refractivity contribution in [2.45, 2.75) is 0 Å². The van der Waals surface area contributed by atoms with E-state index in [9.17, 15) is 14.7 Å². The van der Waals surface area contributed by atoms with Crippen molar-refractivity contribution >= 4 is 28.6 Å². The van der Waals surface area contributed by atoms with Crippen LogP contribution in [0.3, 0.4) is 0 Å². The average molecular weight is 357 g/mol. The van der Waals surface area contributed by atoms with E-state index >= 15 is 0 Å². The number of amides is 1. The highest BCUT2D eigenvalue weighted by Gasteiger charge is 2.17. The Morgan fingerprint density at radius 2 is 1.59 bits per heavy atom. The number of imidazole rings is 1. The molecule has 3 aromatic carbocycles. The maximum atomic E-state index is 12.4. The van der Waals surface area contributed by atoms with Crippen molar-refractivity contribution in [2.75, 3.05) is 5.32 Å². The second-order valence-corrected chi connectivity index (χ2v) is 6.00. The lowest BCUT2D eigenvalue weighted by Gasteiger charge is -2.05. The molecule has 27 heavy (non-hydrogen) atoms. The van der Waals surface area contributed by atoms with Gasteiger partial charge in [-0.15, -0.1) is 0 Å². The molecule has 1 heterocycles. The van der Waals surface area contributed by atoms with Gasteiger partial charge < -0.3 is 10.1 Å². The Labute approximate surface area is 154 Å². The van der Waals surface area contributed by atoms with Gasteiger partial charge in [-0.25, -0.2) is 9.78 Å². The van der Waals surface area contributed by atoms with Crippen LogP contribution in [0.4, 0.5) is 5.95 Å². The van der Waals surface area contributed by atoms with Crippen LogP contribution in [0.5, 0.6) is 0 Å². The molecular weight excluding hydrogens is 342 g/mol. The molecule has 1 amide bonds. The topological polar surface area (TPSA) is 95.1 Å². The van der Waals surface area contributed by atoms with E-state index in [1.165, 1.54) is 12.1 Å². The van der Waals surface area contributed by atoms with Gasteiger partial charge in [-0.2, -0.15) is 0 Å². The van der Waals surface area contributed by atoms with Crippen LogP contribution in [0.25, 0.3) is 22.0 Å². The van der Waals surface area contributed by atoms with Crippen LogP contribution >= 0.6 is 0 Å². The number of carbonyl (C=O) groups excluding carboxylic acids is 1. The van der Waals surface area contributed by atoms with Crippen LogP contribution in [0.1, 0.15) is 20.7 Å². The summed E-state index contributed by atoms with van der Waals surface area (Å²) in [7, 11) is 0. The lowest BCUT2D eigenvalue weighted by atomic mass is 10.1. The van der Waals surface area contributed by atoms with E-state index in [0.717, 1.165) is 16.3 Å². The number of carboxylic acids is 1. The van der Waals surface area contributed by atoms with Gasteiger partial charge in [0.15, 0.2) is 0 Å². The van der Waals surface area contributed by atoms with Crippen molar-refractivity contribution in [3.63, 3.8) is 0 Å². The van der Waals surface area contributed by atoms with Gasteiger partial charge in [0.25, 0.3) is 5.91 Å². The Balaban J connectivity index is 1.59. The van der Waals surface area contributed by atoms with Crippen LogP contribution in [0, 0.1) is 0 Å². The molecule has 4 rings (SSSR count). The molecule has 0 fully saturated rings. The molecule has 4 aromatic rings. The normalized spacial score (nSPS) is 10.7. The van der Waals surface area contributed by atoms with E-state index in [4.69, 9.17) is 0 Å². The van der Waals surface area contributed by atoms with Crippen molar-refractivity contribution < 1.29 is 14.7 Å². The van der Waals surface area contributed by atoms with Crippen molar-refractivity contribution in [2.24, 2.45) is 0 Å². The number of H-pyrrole nitrogens is 1. The number of carboxylic acid groups (broad SMARTS) is 1. The largest absolute Gasteiger partial charge is 0.478 e. The molecular formula is C21H15N3O3. The molecule has 0 aliphatic carbocycles. The fourth-order valence-electron chi connectivity index (χ4n) is 2.92. The summed E-state index contributed by atoms with van der Waals surface area (Å²) in [4.78, 5) is 31.0. The van der Waals surface area contributed by atoms with Crippen LogP contribution in [0.2, 0.25) is 0 Å². The van der Waals surface area contributed by atoms with Crippen molar-refractivity contribution in [3.05, 3.63) is 84.1 Å². The summed E-state index contributed by atoms with van der Waals surface area (Å²) in [6.45, 7) is 0. The second kappa shape index (κ2) is 6.76. The Bertz CT molecular complexity index is 1160. The van der Waals surface area contributed by atoms with Gasteiger partial charge in [0.1, 0.15) is 0 Å². The standard InChI is InChI=1S/C21H15N3O3/c25-19(16-7-3-4-8-17(16)20(26)27)24-21-22-12-18(23-21)15-10-9-13-5-1-2-6-14(13)11-15/h1-12H,(H,26,27)(H2,22,23,24,25). The minimum atomic E-state index is -1.16. The number of benzene rings is 3. The average Bonchev–Trinajstić information content (AvgIpc) is 3.16. The highest BCUT2D eigenvalue weighted by Crippen LogP contribution is 2.24. The third-order valence-electron chi connectivity index (χ3n) is 4.26. The summed E-state index contributed by atoms with van der Waals surface area (Å²) in [5.74, 6) is -1.44. The van der Waals surface area contributed by atoms with E-state index in [2.05, 4.69) is 15.3 Å². The van der Waals surface area contributed by atoms with Crippen LogP contribution in [0.15, 0.2) is 72.9 Å². The monoisotopic (exact) mass is 357 g/mol. The fourth-order valence-corrected chi connectivity index (χ4v) is 2.92. The summed E-state index contributed by atoms with van der Waals surface area (Å²) >= 11 is 0. The van der Waals surface area contributed by atoms with Crippen molar-refractivity contribution in [3.8, 4) is 11.3 Å². The van der Waals surface area contributed by atoms with E-state index in [1.54, 1.807) is 18.3 Å². The van der Waals surface area contributed by atoms with E-state index in [1.807, 2.05) is 42.5 Å². The van der Waals surface area contributed by atoms with Gasteiger partial charge in [0, 0.05) is 11.8 Å². The Morgan fingerprint density at radius 3 is 2.37 bits per heavy atom. The van der Waals surface area contributed by atoms with E-state index in [-0.39, 0.29) is 17.1 Å². The summed E-state index contributed by atoms with van der Waals surface area (Å²) in [6, 6.07) is 20.1. The zero-order valence-corrected chi connectivity index (χ0v) is 14.1. The Kier molecular flexibility index (Phi) is 4.14. The molecule has 6 nitrogen and oxygen atoms in total. The van der Waals surface area contributed by atoms with Gasteiger partial charge in [-0.1, -0.05) is 48.5 Å². The maximum Gasteiger partial charge on any atom is 0.336 e. The fraction of sp³-hybridized carbons (Fsp3) is 0. The molecule has 0 unspecified atom stereocenters. The third-order valence-corrected chi connectivity index (χ3v) is 4.26. The first-order valence-electron chi connectivity index (χ1n) is 8.30. The zero-order chi connectivity index (χ0) is 18.8. The zero-order valence-electron chi connectivity index (χ0n) is 14.1. The number of hydrogen-bond donors (Lipinski definition) is 3. The molecule has 0 radical (unpaired) electrons. The number of carbonyl (C=O) groups is 2. The number of fused-ring (bicyclic) bond motifs is 1. The van der Waals surface area contributed by atoms with Crippen LogP contribution in [-0.2, 0) is 0 Å². The highest BCUT2D eigenvalue weighted by molar-refractivity contribution is 6.10. The summed E-state index contributed by atoms with van der Waals surface area (Å²) < 4.78 is 0. The first-order chi connectivity index (χ1) is 13.1. The summed E-state index contributed by atoms with van der Waals surface area (Å²) in [5, 5.41) is 14.1. The highest BCUT2D eigenvalue weighted by atomic mass is 16.4. The van der Waals surface area contributed by atoms with Gasteiger partial charge in [-0.3, -0.25) is 10.1 Å². The van der Waals surface area contributed by atoms with Crippen molar-refractivity contribution in [1.82, 2.24) is 9.97 Å². The van der Waals surface area contributed by atoms with Gasteiger partial charge >= 0.3 is 5.97 Å². The third kappa shape index (κ3) is 3.28. The van der Waals surface area contributed by atoms with Crippen molar-refractivity contribution in [1.29, 1.82) is 0 Å². The molecule has 1 aromatic heterocycles. The van der Waals surface area contributed by atoms with Gasteiger partial charge in [0.2, 0.25) is 5.95 Å². The summed E-state index contributed by atoms with van der Waals surface area (Å²) in [5.41, 5.74) is 1.61. The quantitative estimate of drug-likeness (QED) is 0.510. The molecule has 0 atom stereocenters. The molecule has 0 aliphatic rings. The Hall–Kier alpha value is -3.93. The number of aromatic carboxylic acids is 1. The predicted octanol–water partition coefficient (Wildman–Crippen LogP) is 4.18. The molecule has 132 valence electrons. The molecule has 0 spiro atoms. The minimum absolute atomic E-state index is 0.0590. The summed E-state index contributed by atoms with van der Waals surface area (Å²) in [6.07, 6.45) is 1.70. The smallest absolute Gasteiger partial charge is 0.336 e. The number of rotatable bonds is 4. The minimum Gasteiger partial charge on any atom is -0.478 e. The van der Waals surface area contributed by atoms with E-state index in [0.29, 0.717) is 5.69 Å². The first-order valence-corrected chi connectivity index (χ1v) is 8.30. The number of aromatic nitrogens is 2. The molecule has 0 saturated carbocycles. The number of anilines is 1. The van der Waals surface area contributed by atoms with Crippen LogP contribution in [-0.4, -0.2) is 27.0 Å². The number of nitrogens with zero attached hydrogens (tertiary/aromatic N) is 1. The Morgan fingerprint density at radius 1 is 0.889 bits per heavy atom. The molecule has 0 bridgehead atoms. The number of aromatic amines is 1. The second-order valence-electron chi connectivity index (χ2n) is 6.00. The van der Waals surface area contributed by atoms with Crippen LogP contribution < -0.4 is 5.32 Å². The predicted molar refractivity (Wildman–Crippen MR) is 103 cm³/mol. The molecule has 3 N–H and O–H groups in total. The SMILES string of the molecule is O=C(O)c1ccccc1C(=O)Nc1nc(-c2ccc3ccccc3c2)c[nH]1. The molecule has 0 saturated heterocycles. The maximum absolute atomic E-state index is 12.4. The number of hydrogen-bond acceptors (Lipinski definition) is 3.